The predicted molar refractivity (Wildman–Crippen MR) is 68.9 cm³/mol. The van der Waals surface area contributed by atoms with Gasteiger partial charge in [-0.3, -0.25) is 9.59 Å². The highest BCUT2D eigenvalue weighted by atomic mass is 19.1. The van der Waals surface area contributed by atoms with E-state index in [9.17, 15) is 14.0 Å². The lowest BCUT2D eigenvalue weighted by Gasteiger charge is -2.06. The second kappa shape index (κ2) is 5.82. The number of hydrogen-bond acceptors (Lipinski definition) is 2. The van der Waals surface area contributed by atoms with Crippen LogP contribution in [0.25, 0.3) is 0 Å². The van der Waals surface area contributed by atoms with Gasteiger partial charge in [0.2, 0.25) is 11.8 Å². The van der Waals surface area contributed by atoms with E-state index in [1.165, 1.54) is 13.0 Å². The first-order valence-corrected chi connectivity index (χ1v) is 6.36. The Balaban J connectivity index is 1.78. The van der Waals surface area contributed by atoms with Crippen LogP contribution >= 0.6 is 0 Å². The van der Waals surface area contributed by atoms with Crippen molar-refractivity contribution in [3.63, 3.8) is 0 Å². The Bertz CT molecular complexity index is 490. The number of hydrogen-bond donors (Lipinski definition) is 2. The van der Waals surface area contributed by atoms with E-state index < -0.39 is 0 Å². The molecule has 19 heavy (non-hydrogen) atoms. The molecule has 4 nitrogen and oxygen atoms in total. The lowest BCUT2D eigenvalue weighted by Crippen LogP contribution is -2.34. The van der Waals surface area contributed by atoms with Crippen LogP contribution in [0.1, 0.15) is 24.8 Å². The third kappa shape index (κ3) is 3.53. The maximum absolute atomic E-state index is 13.5. The van der Waals surface area contributed by atoms with Gasteiger partial charge in [-0.2, -0.15) is 0 Å². The Kier molecular flexibility index (Phi) is 4.14. The molecule has 1 aromatic rings. The molecule has 102 valence electrons. The number of benzene rings is 1. The molecule has 0 bridgehead atoms. The van der Waals surface area contributed by atoms with Crippen molar-refractivity contribution in [2.45, 2.75) is 19.3 Å². The Hall–Kier alpha value is -1.91. The molecule has 2 unspecified atom stereocenters. The van der Waals surface area contributed by atoms with Crippen molar-refractivity contribution in [2.75, 3.05) is 13.1 Å². The maximum Gasteiger partial charge on any atom is 0.223 e. The summed E-state index contributed by atoms with van der Waals surface area (Å²) in [6.07, 6.45) is 0.687. The van der Waals surface area contributed by atoms with Gasteiger partial charge in [0.1, 0.15) is 5.82 Å². The molecule has 2 N–H and O–H groups in total. The van der Waals surface area contributed by atoms with Crippen molar-refractivity contribution in [2.24, 2.45) is 5.92 Å². The average molecular weight is 264 g/mol. The maximum atomic E-state index is 13.5. The second-order valence-electron chi connectivity index (χ2n) is 4.74. The van der Waals surface area contributed by atoms with Crippen LogP contribution in [-0.2, 0) is 9.59 Å². The second-order valence-corrected chi connectivity index (χ2v) is 4.74. The smallest absolute Gasteiger partial charge is 0.223 e. The van der Waals surface area contributed by atoms with E-state index in [2.05, 4.69) is 10.6 Å². The Labute approximate surface area is 111 Å². The van der Waals surface area contributed by atoms with E-state index in [4.69, 9.17) is 0 Å². The van der Waals surface area contributed by atoms with E-state index in [1.54, 1.807) is 18.2 Å². The quantitative estimate of drug-likeness (QED) is 0.785. The zero-order valence-corrected chi connectivity index (χ0v) is 10.8. The molecule has 2 amide bonds. The summed E-state index contributed by atoms with van der Waals surface area (Å²) >= 11 is 0. The molecule has 1 fully saturated rings. The van der Waals surface area contributed by atoms with Crippen molar-refractivity contribution >= 4 is 11.8 Å². The summed E-state index contributed by atoms with van der Waals surface area (Å²) in [6.45, 7) is 2.24. The minimum absolute atomic E-state index is 0.0121. The summed E-state index contributed by atoms with van der Waals surface area (Å²) in [5, 5.41) is 5.34. The SMILES string of the molecule is CC(=O)NCCNC(=O)C1CC1c1ccccc1F. The molecule has 2 rings (SSSR count). The molecule has 0 aliphatic heterocycles. The molecular formula is C14H17FN2O2. The van der Waals surface area contributed by atoms with E-state index in [1.807, 2.05) is 0 Å². The van der Waals surface area contributed by atoms with E-state index in [-0.39, 0.29) is 29.5 Å². The van der Waals surface area contributed by atoms with Gasteiger partial charge >= 0.3 is 0 Å². The van der Waals surface area contributed by atoms with E-state index in [0.717, 1.165) is 0 Å². The molecular weight excluding hydrogens is 247 g/mol. The van der Waals surface area contributed by atoms with Crippen LogP contribution in [0.3, 0.4) is 0 Å². The monoisotopic (exact) mass is 264 g/mol. The molecule has 1 aromatic carbocycles. The standard InChI is InChI=1S/C14H17FN2O2/c1-9(18)16-6-7-17-14(19)12-8-11(12)10-4-2-3-5-13(10)15/h2-5,11-12H,6-8H2,1H3,(H,16,18)(H,17,19). The third-order valence-electron chi connectivity index (χ3n) is 3.23. The summed E-state index contributed by atoms with van der Waals surface area (Å²) < 4.78 is 13.5. The first-order chi connectivity index (χ1) is 9.09. The molecule has 0 spiro atoms. The number of carbonyl (C=O) groups excluding carboxylic acids is 2. The summed E-state index contributed by atoms with van der Waals surface area (Å²) in [5.41, 5.74) is 0.615. The fourth-order valence-corrected chi connectivity index (χ4v) is 2.16. The number of amides is 2. The Morgan fingerprint density at radius 2 is 1.95 bits per heavy atom. The zero-order chi connectivity index (χ0) is 13.8. The predicted octanol–water partition coefficient (Wildman–Crippen LogP) is 1.18. The number of nitrogens with one attached hydrogen (secondary N) is 2. The molecule has 0 saturated heterocycles. The summed E-state index contributed by atoms with van der Waals surface area (Å²) in [4.78, 5) is 22.4. The molecule has 1 saturated carbocycles. The van der Waals surface area contributed by atoms with Gasteiger partial charge in [0.15, 0.2) is 0 Å². The van der Waals surface area contributed by atoms with Gasteiger partial charge in [-0.15, -0.1) is 0 Å². The lowest BCUT2D eigenvalue weighted by molar-refractivity contribution is -0.123. The summed E-state index contributed by atoms with van der Waals surface area (Å²) in [5.74, 6) is -0.597. The topological polar surface area (TPSA) is 58.2 Å². The van der Waals surface area contributed by atoms with Gasteiger partial charge in [0.05, 0.1) is 0 Å². The van der Waals surface area contributed by atoms with Gasteiger partial charge in [0, 0.05) is 25.9 Å². The molecule has 0 radical (unpaired) electrons. The highest BCUT2D eigenvalue weighted by molar-refractivity contribution is 5.83. The van der Waals surface area contributed by atoms with Crippen molar-refractivity contribution in [3.8, 4) is 0 Å². The molecule has 0 aromatic heterocycles. The van der Waals surface area contributed by atoms with Crippen molar-refractivity contribution in [3.05, 3.63) is 35.6 Å². The Morgan fingerprint density at radius 3 is 2.63 bits per heavy atom. The minimum Gasteiger partial charge on any atom is -0.355 e. The third-order valence-corrected chi connectivity index (χ3v) is 3.23. The average Bonchev–Trinajstić information content (AvgIpc) is 3.15. The van der Waals surface area contributed by atoms with E-state index in [0.29, 0.717) is 25.1 Å². The first-order valence-electron chi connectivity index (χ1n) is 6.36. The highest BCUT2D eigenvalue weighted by Gasteiger charge is 2.44. The number of rotatable bonds is 5. The lowest BCUT2D eigenvalue weighted by atomic mass is 10.1. The van der Waals surface area contributed by atoms with E-state index >= 15 is 0 Å². The van der Waals surface area contributed by atoms with Crippen molar-refractivity contribution < 1.29 is 14.0 Å². The minimum atomic E-state index is -0.249. The normalized spacial score (nSPS) is 20.7. The van der Waals surface area contributed by atoms with Crippen LogP contribution in [-0.4, -0.2) is 24.9 Å². The van der Waals surface area contributed by atoms with Crippen LogP contribution in [0.15, 0.2) is 24.3 Å². The Morgan fingerprint density at radius 1 is 1.26 bits per heavy atom. The van der Waals surface area contributed by atoms with Crippen LogP contribution in [0.5, 0.6) is 0 Å². The molecule has 2 atom stereocenters. The molecule has 1 aliphatic rings. The van der Waals surface area contributed by atoms with Crippen molar-refractivity contribution in [1.29, 1.82) is 0 Å². The molecule has 5 heteroatoms. The largest absolute Gasteiger partial charge is 0.355 e. The zero-order valence-electron chi connectivity index (χ0n) is 10.8. The van der Waals surface area contributed by atoms with Gasteiger partial charge in [0.25, 0.3) is 0 Å². The van der Waals surface area contributed by atoms with Gasteiger partial charge in [-0.05, 0) is 24.0 Å². The van der Waals surface area contributed by atoms with Crippen LogP contribution in [0.4, 0.5) is 4.39 Å². The van der Waals surface area contributed by atoms with Gasteiger partial charge < -0.3 is 10.6 Å². The van der Waals surface area contributed by atoms with Crippen molar-refractivity contribution in [1.82, 2.24) is 10.6 Å². The van der Waals surface area contributed by atoms with Gasteiger partial charge in [-0.25, -0.2) is 4.39 Å². The number of carbonyl (C=O) groups is 2. The summed E-state index contributed by atoms with van der Waals surface area (Å²) in [6, 6.07) is 6.57. The highest BCUT2D eigenvalue weighted by Crippen LogP contribution is 2.48. The van der Waals surface area contributed by atoms with Crippen LogP contribution < -0.4 is 10.6 Å². The fraction of sp³-hybridized carbons (Fsp3) is 0.429. The number of halogens is 1. The first kappa shape index (κ1) is 13.5. The fourth-order valence-electron chi connectivity index (χ4n) is 2.16. The summed E-state index contributed by atoms with van der Waals surface area (Å²) in [7, 11) is 0. The molecule has 0 heterocycles. The molecule has 1 aliphatic carbocycles. The van der Waals surface area contributed by atoms with Crippen LogP contribution in [0, 0.1) is 11.7 Å². The van der Waals surface area contributed by atoms with Gasteiger partial charge in [-0.1, -0.05) is 18.2 Å². The van der Waals surface area contributed by atoms with Crippen LogP contribution in [0.2, 0.25) is 0 Å².